The van der Waals surface area contributed by atoms with Gasteiger partial charge in [0, 0.05) is 5.69 Å². The molecule has 66 valence electrons. The molecule has 0 amide bonds. The van der Waals surface area contributed by atoms with Gasteiger partial charge in [0.2, 0.25) is 5.28 Å². The number of nitrogens with zero attached hydrogens (tertiary/aromatic N) is 4. The molecule has 0 bridgehead atoms. The minimum atomic E-state index is 0.339. The second-order valence-electron chi connectivity index (χ2n) is 2.63. The average molecular weight is 195 g/mol. The lowest BCUT2D eigenvalue weighted by molar-refractivity contribution is 1.03. The van der Waals surface area contributed by atoms with E-state index in [1.54, 1.807) is 17.1 Å². The summed E-state index contributed by atoms with van der Waals surface area (Å²) in [6.07, 6.45) is 3.28. The van der Waals surface area contributed by atoms with Crippen LogP contribution in [-0.4, -0.2) is 19.7 Å². The van der Waals surface area contributed by atoms with Gasteiger partial charge in [0.1, 0.15) is 6.33 Å². The summed E-state index contributed by atoms with van der Waals surface area (Å²) in [6, 6.07) is 3.82. The predicted molar refractivity (Wildman–Crippen MR) is 48.9 cm³/mol. The van der Waals surface area contributed by atoms with Gasteiger partial charge in [-0.25, -0.2) is 0 Å². The first-order valence-corrected chi connectivity index (χ1v) is 4.14. The van der Waals surface area contributed by atoms with Crippen LogP contribution in [0, 0.1) is 6.92 Å². The third kappa shape index (κ3) is 1.53. The van der Waals surface area contributed by atoms with Gasteiger partial charge in [-0.1, -0.05) is 0 Å². The molecule has 0 aromatic carbocycles. The van der Waals surface area contributed by atoms with Gasteiger partial charge in [0.05, 0.1) is 11.9 Å². The average Bonchev–Trinajstić information content (AvgIpc) is 2.53. The number of hydrogen-bond donors (Lipinski definition) is 0. The smallest absolute Gasteiger partial charge is 0.229 e. The minimum Gasteiger partial charge on any atom is -0.271 e. The van der Waals surface area contributed by atoms with Crippen LogP contribution in [0.2, 0.25) is 5.28 Å². The molecule has 0 unspecified atom stereocenters. The highest BCUT2D eigenvalue weighted by molar-refractivity contribution is 6.28. The molecule has 2 aromatic heterocycles. The summed E-state index contributed by atoms with van der Waals surface area (Å²) in [5.41, 5.74) is 1.83. The molecule has 2 heterocycles. The first-order valence-electron chi connectivity index (χ1n) is 3.76. The largest absolute Gasteiger partial charge is 0.271 e. The zero-order chi connectivity index (χ0) is 9.26. The first kappa shape index (κ1) is 8.19. The molecule has 0 aliphatic heterocycles. The second-order valence-corrected chi connectivity index (χ2v) is 2.97. The Morgan fingerprint density at radius 1 is 1.38 bits per heavy atom. The van der Waals surface area contributed by atoms with E-state index in [2.05, 4.69) is 15.2 Å². The van der Waals surface area contributed by atoms with Crippen molar-refractivity contribution >= 4 is 11.6 Å². The number of aromatic nitrogens is 4. The van der Waals surface area contributed by atoms with E-state index < -0.39 is 0 Å². The van der Waals surface area contributed by atoms with E-state index >= 15 is 0 Å². The quantitative estimate of drug-likeness (QED) is 0.693. The van der Waals surface area contributed by atoms with Gasteiger partial charge in [-0.05, 0) is 30.7 Å². The lowest BCUT2D eigenvalue weighted by Crippen LogP contribution is -1.93. The Kier molecular flexibility index (Phi) is 1.98. The Balaban J connectivity index is 2.47. The van der Waals surface area contributed by atoms with Crippen molar-refractivity contribution in [2.45, 2.75) is 6.92 Å². The van der Waals surface area contributed by atoms with Gasteiger partial charge in [-0.2, -0.15) is 0 Å². The van der Waals surface area contributed by atoms with E-state index in [0.29, 0.717) is 5.28 Å². The van der Waals surface area contributed by atoms with E-state index in [9.17, 15) is 0 Å². The molecule has 5 heteroatoms. The molecule has 13 heavy (non-hydrogen) atoms. The molecule has 0 atom stereocenters. The molecule has 0 saturated carbocycles. The van der Waals surface area contributed by atoms with Crippen LogP contribution in [0.1, 0.15) is 5.69 Å². The molecule has 4 nitrogen and oxygen atoms in total. The third-order valence-electron chi connectivity index (χ3n) is 1.68. The zero-order valence-corrected chi connectivity index (χ0v) is 7.73. The number of rotatable bonds is 1. The van der Waals surface area contributed by atoms with Crippen molar-refractivity contribution in [2.24, 2.45) is 0 Å². The molecule has 0 N–H and O–H groups in total. The highest BCUT2D eigenvalue weighted by Crippen LogP contribution is 2.11. The molecule has 0 spiro atoms. The molecule has 2 rings (SSSR count). The fourth-order valence-electron chi connectivity index (χ4n) is 0.997. The fraction of sp³-hybridized carbons (Fsp3) is 0.125. The summed E-state index contributed by atoms with van der Waals surface area (Å²) in [4.78, 5) is 4.14. The topological polar surface area (TPSA) is 43.6 Å². The van der Waals surface area contributed by atoms with Gasteiger partial charge in [0.25, 0.3) is 0 Å². The van der Waals surface area contributed by atoms with Crippen LogP contribution >= 0.6 is 11.6 Å². The summed E-state index contributed by atoms with van der Waals surface area (Å²) < 4.78 is 1.66. The molecule has 0 aliphatic carbocycles. The predicted octanol–water partition coefficient (Wildman–Crippen LogP) is 1.62. The van der Waals surface area contributed by atoms with Gasteiger partial charge in [-0.3, -0.25) is 9.55 Å². The maximum Gasteiger partial charge on any atom is 0.229 e. The van der Waals surface area contributed by atoms with E-state index in [1.807, 2.05) is 19.1 Å². The van der Waals surface area contributed by atoms with Gasteiger partial charge < -0.3 is 0 Å². The van der Waals surface area contributed by atoms with Gasteiger partial charge in [-0.15, -0.1) is 10.2 Å². The van der Waals surface area contributed by atoms with E-state index in [0.717, 1.165) is 11.4 Å². The van der Waals surface area contributed by atoms with E-state index in [-0.39, 0.29) is 0 Å². The third-order valence-corrected chi connectivity index (χ3v) is 1.94. The summed E-state index contributed by atoms with van der Waals surface area (Å²) in [6.45, 7) is 1.93. The van der Waals surface area contributed by atoms with Crippen LogP contribution in [0.15, 0.2) is 24.7 Å². The van der Waals surface area contributed by atoms with Crippen LogP contribution in [0.25, 0.3) is 5.69 Å². The number of aryl methyl sites for hydroxylation is 1. The zero-order valence-electron chi connectivity index (χ0n) is 6.98. The maximum absolute atomic E-state index is 5.78. The summed E-state index contributed by atoms with van der Waals surface area (Å²) in [7, 11) is 0. The molecule has 0 fully saturated rings. The van der Waals surface area contributed by atoms with Gasteiger partial charge >= 0.3 is 0 Å². The van der Waals surface area contributed by atoms with Crippen LogP contribution in [0.3, 0.4) is 0 Å². The van der Waals surface area contributed by atoms with Crippen molar-refractivity contribution in [3.8, 4) is 5.69 Å². The Hall–Kier alpha value is -1.42. The lowest BCUT2D eigenvalue weighted by atomic mass is 10.3. The number of hydrogen-bond acceptors (Lipinski definition) is 3. The molecular weight excluding hydrogens is 188 g/mol. The second kappa shape index (κ2) is 3.14. The normalized spacial score (nSPS) is 10.3. The summed E-state index contributed by atoms with van der Waals surface area (Å²) in [5.74, 6) is 0. The molecule has 0 saturated heterocycles. The number of pyridine rings is 1. The van der Waals surface area contributed by atoms with Crippen LogP contribution in [0.4, 0.5) is 0 Å². The van der Waals surface area contributed by atoms with Crippen LogP contribution in [0.5, 0.6) is 0 Å². The standard InChI is InChI=1S/C8H7ClN4/c1-6-2-3-7(4-10-6)13-5-11-12-8(13)9/h2-5H,1H3. The van der Waals surface area contributed by atoms with Crippen molar-refractivity contribution < 1.29 is 0 Å². The molecule has 0 aliphatic rings. The molecule has 2 aromatic rings. The Morgan fingerprint density at radius 3 is 2.77 bits per heavy atom. The van der Waals surface area contributed by atoms with Gasteiger partial charge in [0.15, 0.2) is 0 Å². The Bertz CT molecular complexity index is 406. The Labute approximate surface area is 80.2 Å². The van der Waals surface area contributed by atoms with Crippen LogP contribution in [-0.2, 0) is 0 Å². The Morgan fingerprint density at radius 2 is 2.23 bits per heavy atom. The van der Waals surface area contributed by atoms with Crippen molar-refractivity contribution in [1.82, 2.24) is 19.7 Å². The van der Waals surface area contributed by atoms with Crippen molar-refractivity contribution in [1.29, 1.82) is 0 Å². The fourth-order valence-corrected chi connectivity index (χ4v) is 1.18. The van der Waals surface area contributed by atoms with Crippen molar-refractivity contribution in [3.63, 3.8) is 0 Å². The highest BCUT2D eigenvalue weighted by atomic mass is 35.5. The molecule has 0 radical (unpaired) electrons. The van der Waals surface area contributed by atoms with Crippen LogP contribution < -0.4 is 0 Å². The minimum absolute atomic E-state index is 0.339. The highest BCUT2D eigenvalue weighted by Gasteiger charge is 2.02. The maximum atomic E-state index is 5.78. The van der Waals surface area contributed by atoms with Crippen molar-refractivity contribution in [2.75, 3.05) is 0 Å². The SMILES string of the molecule is Cc1ccc(-n2cnnc2Cl)cn1. The van der Waals surface area contributed by atoms with E-state index in [4.69, 9.17) is 11.6 Å². The lowest BCUT2D eigenvalue weighted by Gasteiger charge is -2.01. The monoisotopic (exact) mass is 194 g/mol. The molecular formula is C8H7ClN4. The first-order chi connectivity index (χ1) is 6.27. The van der Waals surface area contributed by atoms with E-state index in [1.165, 1.54) is 0 Å². The summed E-state index contributed by atoms with van der Waals surface area (Å²) >= 11 is 5.78. The number of halogens is 1. The van der Waals surface area contributed by atoms with Crippen molar-refractivity contribution in [3.05, 3.63) is 35.6 Å². The summed E-state index contributed by atoms with van der Waals surface area (Å²) in [5, 5.41) is 7.68.